The topological polar surface area (TPSA) is 91.7 Å². The summed E-state index contributed by atoms with van der Waals surface area (Å²) in [6.45, 7) is 5.31. The van der Waals surface area contributed by atoms with Crippen molar-refractivity contribution in [2.24, 2.45) is 5.92 Å². The summed E-state index contributed by atoms with van der Waals surface area (Å²) in [6, 6.07) is 7.46. The SMILES string of the molecule is C[C@@H]1CN([C@H](C)CO)C(=O)c2cc(-c3cccc(F)c3)cnc2O[C@H]1CN(C)Cc1cncnc1. The summed E-state index contributed by atoms with van der Waals surface area (Å²) in [7, 11) is 1.99. The van der Waals surface area contributed by atoms with Crippen LogP contribution in [0.15, 0.2) is 55.2 Å². The van der Waals surface area contributed by atoms with Gasteiger partial charge < -0.3 is 14.7 Å². The van der Waals surface area contributed by atoms with Crippen molar-refractivity contribution < 1.29 is 19.0 Å². The Kier molecular flexibility index (Phi) is 7.67. The van der Waals surface area contributed by atoms with E-state index in [1.807, 2.05) is 20.9 Å². The molecule has 0 saturated heterocycles. The lowest BCUT2D eigenvalue weighted by molar-refractivity contribution is 0.0325. The molecule has 35 heavy (non-hydrogen) atoms. The van der Waals surface area contributed by atoms with Gasteiger partial charge in [0.05, 0.1) is 12.6 Å². The molecule has 0 radical (unpaired) electrons. The number of aliphatic hydroxyl groups is 1. The summed E-state index contributed by atoms with van der Waals surface area (Å²) in [6.07, 6.45) is 6.38. The Balaban J connectivity index is 1.66. The van der Waals surface area contributed by atoms with E-state index in [2.05, 4.69) is 19.9 Å². The highest BCUT2D eigenvalue weighted by Gasteiger charge is 2.34. The van der Waals surface area contributed by atoms with Gasteiger partial charge in [0, 0.05) is 55.3 Å². The first-order valence-electron chi connectivity index (χ1n) is 11.6. The molecule has 0 spiro atoms. The number of rotatable bonds is 7. The van der Waals surface area contributed by atoms with Gasteiger partial charge in [-0.1, -0.05) is 19.1 Å². The van der Waals surface area contributed by atoms with Gasteiger partial charge in [0.25, 0.3) is 5.91 Å². The Morgan fingerprint density at radius 2 is 2.00 bits per heavy atom. The highest BCUT2D eigenvalue weighted by atomic mass is 19.1. The number of hydrogen-bond acceptors (Lipinski definition) is 7. The highest BCUT2D eigenvalue weighted by Crippen LogP contribution is 2.30. The summed E-state index contributed by atoms with van der Waals surface area (Å²) < 4.78 is 20.1. The minimum atomic E-state index is -0.381. The van der Waals surface area contributed by atoms with Gasteiger partial charge in [-0.2, -0.15) is 0 Å². The van der Waals surface area contributed by atoms with Gasteiger partial charge in [-0.3, -0.25) is 9.69 Å². The fraction of sp³-hybridized carbons (Fsp3) is 0.385. The number of pyridine rings is 1. The Labute approximate surface area is 204 Å². The number of halogens is 1. The van der Waals surface area contributed by atoms with Crippen LogP contribution in [0.5, 0.6) is 5.88 Å². The van der Waals surface area contributed by atoms with Crippen LogP contribution in [0.2, 0.25) is 0 Å². The minimum absolute atomic E-state index is 0.0275. The number of aliphatic hydroxyl groups excluding tert-OH is 1. The van der Waals surface area contributed by atoms with Crippen molar-refractivity contribution in [2.75, 3.05) is 26.7 Å². The second-order valence-corrected chi connectivity index (χ2v) is 9.15. The Morgan fingerprint density at radius 1 is 1.23 bits per heavy atom. The molecule has 1 aliphatic rings. The normalized spacial score (nSPS) is 19.0. The maximum atomic E-state index is 13.8. The molecule has 3 aromatic rings. The zero-order valence-electron chi connectivity index (χ0n) is 20.1. The fourth-order valence-corrected chi connectivity index (χ4v) is 4.24. The van der Waals surface area contributed by atoms with Gasteiger partial charge in [0.2, 0.25) is 5.88 Å². The van der Waals surface area contributed by atoms with Crippen molar-refractivity contribution in [1.82, 2.24) is 24.8 Å². The van der Waals surface area contributed by atoms with Gasteiger partial charge in [0.1, 0.15) is 23.8 Å². The Hall–Kier alpha value is -3.43. The van der Waals surface area contributed by atoms with E-state index in [9.17, 15) is 14.3 Å². The molecule has 3 atom stereocenters. The predicted molar refractivity (Wildman–Crippen MR) is 129 cm³/mol. The van der Waals surface area contributed by atoms with Gasteiger partial charge in [-0.05, 0) is 37.7 Å². The third-order valence-corrected chi connectivity index (χ3v) is 6.24. The molecule has 4 rings (SSSR count). The van der Waals surface area contributed by atoms with Crippen molar-refractivity contribution in [3.63, 3.8) is 0 Å². The lowest BCUT2D eigenvalue weighted by Gasteiger charge is -2.37. The van der Waals surface area contributed by atoms with Crippen LogP contribution in [0, 0.1) is 11.7 Å². The summed E-state index contributed by atoms with van der Waals surface area (Å²) in [5.74, 6) is -0.431. The second kappa shape index (κ2) is 10.9. The van der Waals surface area contributed by atoms with E-state index in [1.165, 1.54) is 18.5 Å². The first-order valence-corrected chi connectivity index (χ1v) is 11.6. The standard InChI is InChI=1S/C26H30FN5O3/c1-17-12-32(18(2)15-33)26(34)23-8-21(20-5-4-6-22(27)7-20)11-30-25(23)35-24(17)14-31(3)13-19-9-28-16-29-10-19/h4-11,16-18,24,33H,12-15H2,1-3H3/t17-,18-,24+/m1/s1. The van der Waals surface area contributed by atoms with E-state index in [4.69, 9.17) is 4.74 Å². The van der Waals surface area contributed by atoms with Crippen molar-refractivity contribution in [2.45, 2.75) is 32.5 Å². The lowest BCUT2D eigenvalue weighted by atomic mass is 9.99. The van der Waals surface area contributed by atoms with Crippen LogP contribution in [-0.4, -0.2) is 74.7 Å². The molecule has 1 aromatic carbocycles. The van der Waals surface area contributed by atoms with Gasteiger partial charge in [-0.15, -0.1) is 0 Å². The van der Waals surface area contributed by atoms with Crippen LogP contribution in [0.3, 0.4) is 0 Å². The largest absolute Gasteiger partial charge is 0.472 e. The first-order chi connectivity index (χ1) is 16.9. The van der Waals surface area contributed by atoms with E-state index in [-0.39, 0.29) is 42.3 Å². The number of amides is 1. The van der Waals surface area contributed by atoms with E-state index in [0.717, 1.165) is 5.56 Å². The average Bonchev–Trinajstić information content (AvgIpc) is 2.86. The van der Waals surface area contributed by atoms with Gasteiger partial charge >= 0.3 is 0 Å². The summed E-state index contributed by atoms with van der Waals surface area (Å²) in [4.78, 5) is 30.0. The smallest absolute Gasteiger partial charge is 0.259 e. The zero-order valence-corrected chi connectivity index (χ0v) is 20.1. The molecule has 1 N–H and O–H groups in total. The number of ether oxygens (including phenoxy) is 1. The molecule has 1 amide bonds. The first kappa shape index (κ1) is 24.7. The summed E-state index contributed by atoms with van der Waals surface area (Å²) >= 11 is 0. The third-order valence-electron chi connectivity index (χ3n) is 6.24. The number of nitrogens with zero attached hydrogens (tertiary/aromatic N) is 5. The predicted octanol–water partition coefficient (Wildman–Crippen LogP) is 3.03. The van der Waals surface area contributed by atoms with E-state index in [1.54, 1.807) is 41.7 Å². The van der Waals surface area contributed by atoms with Crippen molar-refractivity contribution >= 4 is 5.91 Å². The minimum Gasteiger partial charge on any atom is -0.472 e. The van der Waals surface area contributed by atoms with E-state index >= 15 is 0 Å². The van der Waals surface area contributed by atoms with Crippen molar-refractivity contribution in [3.8, 4) is 17.0 Å². The molecule has 0 aliphatic carbocycles. The van der Waals surface area contributed by atoms with Crippen LogP contribution in [0.4, 0.5) is 4.39 Å². The van der Waals surface area contributed by atoms with Gasteiger partial charge in [0.15, 0.2) is 0 Å². The van der Waals surface area contributed by atoms with Crippen LogP contribution < -0.4 is 4.74 Å². The number of fused-ring (bicyclic) bond motifs is 1. The number of carbonyl (C=O) groups excluding carboxylic acids is 1. The quantitative estimate of drug-likeness (QED) is 0.557. The monoisotopic (exact) mass is 479 g/mol. The molecule has 1 aliphatic heterocycles. The molecule has 0 unspecified atom stereocenters. The summed E-state index contributed by atoms with van der Waals surface area (Å²) in [5, 5.41) is 9.84. The van der Waals surface area contributed by atoms with Gasteiger partial charge in [-0.25, -0.2) is 19.3 Å². The molecule has 9 heteroatoms. The highest BCUT2D eigenvalue weighted by molar-refractivity contribution is 5.98. The second-order valence-electron chi connectivity index (χ2n) is 9.15. The third kappa shape index (κ3) is 5.80. The van der Waals surface area contributed by atoms with E-state index in [0.29, 0.717) is 36.3 Å². The lowest BCUT2D eigenvalue weighted by Crippen LogP contribution is -2.49. The molecular weight excluding hydrogens is 449 g/mol. The Morgan fingerprint density at radius 3 is 2.71 bits per heavy atom. The molecule has 8 nitrogen and oxygen atoms in total. The average molecular weight is 480 g/mol. The zero-order chi connectivity index (χ0) is 24.9. The van der Waals surface area contributed by atoms with Crippen LogP contribution in [0.1, 0.15) is 29.8 Å². The van der Waals surface area contributed by atoms with E-state index < -0.39 is 0 Å². The van der Waals surface area contributed by atoms with Crippen LogP contribution in [-0.2, 0) is 6.54 Å². The summed E-state index contributed by atoms with van der Waals surface area (Å²) in [5.41, 5.74) is 2.51. The molecule has 0 bridgehead atoms. The maximum absolute atomic E-state index is 13.8. The molecule has 3 heterocycles. The molecule has 2 aromatic heterocycles. The van der Waals surface area contributed by atoms with Crippen molar-refractivity contribution in [1.29, 1.82) is 0 Å². The number of carbonyl (C=O) groups is 1. The van der Waals surface area contributed by atoms with Crippen LogP contribution in [0.25, 0.3) is 11.1 Å². The maximum Gasteiger partial charge on any atom is 0.259 e. The molecule has 184 valence electrons. The molecular formula is C26H30FN5O3. The van der Waals surface area contributed by atoms with Crippen molar-refractivity contribution in [3.05, 3.63) is 72.2 Å². The fourth-order valence-electron chi connectivity index (χ4n) is 4.24. The molecule has 0 fully saturated rings. The number of likely N-dealkylation sites (N-methyl/N-ethyl adjacent to an activating group) is 1. The van der Waals surface area contributed by atoms with Crippen LogP contribution >= 0.6 is 0 Å². The number of benzene rings is 1. The molecule has 0 saturated carbocycles. The number of aromatic nitrogens is 3. The number of hydrogen-bond donors (Lipinski definition) is 1. The Bertz CT molecular complexity index is 1160.